The van der Waals surface area contributed by atoms with Crippen LogP contribution in [0.4, 0.5) is 5.82 Å². The zero-order valence-corrected chi connectivity index (χ0v) is 8.17. The van der Waals surface area contributed by atoms with Crippen LogP contribution in [0, 0.1) is 10.1 Å². The normalized spacial score (nSPS) is 10.7. The van der Waals surface area contributed by atoms with Crippen molar-refractivity contribution >= 4 is 11.3 Å². The van der Waals surface area contributed by atoms with Gasteiger partial charge in [0.2, 0.25) is 6.33 Å². The molecular weight excluding hydrogens is 196 g/mol. The topological polar surface area (TPSA) is 72.5 Å². The summed E-state index contributed by atoms with van der Waals surface area (Å²) in [5.41, 5.74) is 1.52. The number of nitrogens with zero attached hydrogens (tertiary/aromatic N) is 3. The van der Waals surface area contributed by atoms with Gasteiger partial charge in [-0.25, -0.2) is 0 Å². The lowest BCUT2D eigenvalue weighted by atomic mass is 10.2. The maximum atomic E-state index is 10.7. The highest BCUT2D eigenvalue weighted by Crippen LogP contribution is 2.18. The zero-order chi connectivity index (χ0) is 10.8. The third kappa shape index (κ3) is 1.66. The molecule has 0 aliphatic heterocycles. The van der Waals surface area contributed by atoms with Gasteiger partial charge in [0, 0.05) is 12.7 Å². The first-order valence-corrected chi connectivity index (χ1v) is 4.47. The Balaban J connectivity index is 2.56. The minimum Gasteiger partial charge on any atom is -0.358 e. The van der Waals surface area contributed by atoms with Gasteiger partial charge in [0.15, 0.2) is 0 Å². The van der Waals surface area contributed by atoms with Gasteiger partial charge < -0.3 is 15.4 Å². The molecule has 0 radical (unpaired) electrons. The van der Waals surface area contributed by atoms with Crippen LogP contribution in [-0.2, 0) is 6.54 Å². The van der Waals surface area contributed by atoms with Crippen molar-refractivity contribution in [2.24, 2.45) is 0 Å². The molecule has 2 aromatic rings. The van der Waals surface area contributed by atoms with Gasteiger partial charge in [0.1, 0.15) is 5.52 Å². The van der Waals surface area contributed by atoms with E-state index in [1.54, 1.807) is 16.7 Å². The molecule has 0 saturated heterocycles. The Hall–Kier alpha value is -1.95. The van der Waals surface area contributed by atoms with Gasteiger partial charge in [-0.1, -0.05) is 0 Å². The van der Waals surface area contributed by atoms with Crippen LogP contribution in [0.3, 0.4) is 0 Å². The molecular formula is C9H10N4O2. The van der Waals surface area contributed by atoms with Crippen LogP contribution in [0.1, 0.15) is 5.56 Å². The van der Waals surface area contributed by atoms with Crippen LogP contribution >= 0.6 is 0 Å². The van der Waals surface area contributed by atoms with Gasteiger partial charge in [-0.2, -0.15) is 0 Å². The van der Waals surface area contributed by atoms with Crippen molar-refractivity contribution in [3.05, 3.63) is 40.3 Å². The molecule has 78 valence electrons. The van der Waals surface area contributed by atoms with E-state index in [1.165, 1.54) is 6.33 Å². The number of pyridine rings is 1. The maximum Gasteiger partial charge on any atom is 0.389 e. The van der Waals surface area contributed by atoms with Gasteiger partial charge in [0.25, 0.3) is 0 Å². The van der Waals surface area contributed by atoms with Crippen molar-refractivity contribution in [2.45, 2.75) is 6.54 Å². The predicted octanol–water partition coefficient (Wildman–Crippen LogP) is 0.962. The molecule has 0 aromatic carbocycles. The number of rotatable bonds is 3. The van der Waals surface area contributed by atoms with Gasteiger partial charge >= 0.3 is 5.82 Å². The van der Waals surface area contributed by atoms with Gasteiger partial charge in [-0.3, -0.25) is 4.40 Å². The molecule has 6 nitrogen and oxygen atoms in total. The molecule has 0 bridgehead atoms. The maximum absolute atomic E-state index is 10.7. The van der Waals surface area contributed by atoms with Crippen LogP contribution in [0.2, 0.25) is 0 Å². The van der Waals surface area contributed by atoms with Crippen LogP contribution in [-0.4, -0.2) is 21.4 Å². The van der Waals surface area contributed by atoms with Gasteiger partial charge in [0.05, 0.1) is 0 Å². The summed E-state index contributed by atoms with van der Waals surface area (Å²) in [6.07, 6.45) is 3.21. The van der Waals surface area contributed by atoms with Crippen molar-refractivity contribution in [2.75, 3.05) is 7.05 Å². The first kappa shape index (κ1) is 9.60. The lowest BCUT2D eigenvalue weighted by molar-refractivity contribution is -0.387. The monoisotopic (exact) mass is 206 g/mol. The van der Waals surface area contributed by atoms with E-state index in [9.17, 15) is 10.1 Å². The summed E-state index contributed by atoms with van der Waals surface area (Å²) in [4.78, 5) is 13.9. The number of nitrogens with one attached hydrogen (secondary N) is 1. The third-order valence-electron chi connectivity index (χ3n) is 2.14. The van der Waals surface area contributed by atoms with Crippen molar-refractivity contribution in [3.8, 4) is 0 Å². The molecule has 0 unspecified atom stereocenters. The second kappa shape index (κ2) is 3.66. The molecule has 0 aliphatic carbocycles. The molecule has 0 spiro atoms. The Kier molecular flexibility index (Phi) is 2.34. The van der Waals surface area contributed by atoms with E-state index < -0.39 is 4.92 Å². The minimum atomic E-state index is -0.474. The molecule has 0 aliphatic rings. The summed E-state index contributed by atoms with van der Waals surface area (Å²) in [6, 6.07) is 3.66. The Labute approximate surface area is 85.7 Å². The van der Waals surface area contributed by atoms with E-state index in [2.05, 4.69) is 10.3 Å². The largest absolute Gasteiger partial charge is 0.389 e. The molecule has 15 heavy (non-hydrogen) atoms. The average molecular weight is 206 g/mol. The molecule has 0 fully saturated rings. The summed E-state index contributed by atoms with van der Waals surface area (Å²) >= 11 is 0. The highest BCUT2D eigenvalue weighted by Gasteiger charge is 2.15. The molecule has 2 heterocycles. The summed E-state index contributed by atoms with van der Waals surface area (Å²) in [6.45, 7) is 0.679. The quantitative estimate of drug-likeness (QED) is 0.599. The number of nitro groups is 1. The van der Waals surface area contributed by atoms with Crippen molar-refractivity contribution in [3.63, 3.8) is 0 Å². The minimum absolute atomic E-state index is 0.104. The van der Waals surface area contributed by atoms with Gasteiger partial charge in [-0.05, 0) is 34.7 Å². The van der Waals surface area contributed by atoms with Crippen molar-refractivity contribution in [1.29, 1.82) is 0 Å². The zero-order valence-electron chi connectivity index (χ0n) is 8.17. The number of fused-ring (bicyclic) bond motifs is 1. The second-order valence-electron chi connectivity index (χ2n) is 3.18. The summed E-state index contributed by atoms with van der Waals surface area (Å²) in [7, 11) is 1.83. The predicted molar refractivity (Wildman–Crippen MR) is 54.6 cm³/mol. The van der Waals surface area contributed by atoms with Crippen LogP contribution in [0.15, 0.2) is 24.7 Å². The second-order valence-corrected chi connectivity index (χ2v) is 3.18. The first-order chi connectivity index (χ1) is 7.22. The Bertz CT molecular complexity index is 506. The number of hydrogen-bond acceptors (Lipinski definition) is 4. The fraction of sp³-hybridized carbons (Fsp3) is 0.222. The Morgan fingerprint density at radius 3 is 3.13 bits per heavy atom. The fourth-order valence-electron chi connectivity index (χ4n) is 1.47. The van der Waals surface area contributed by atoms with Crippen LogP contribution in [0.25, 0.3) is 5.52 Å². The van der Waals surface area contributed by atoms with Crippen LogP contribution in [0.5, 0.6) is 0 Å². The summed E-state index contributed by atoms with van der Waals surface area (Å²) in [5, 5.41) is 13.6. The van der Waals surface area contributed by atoms with E-state index in [4.69, 9.17) is 0 Å². The van der Waals surface area contributed by atoms with E-state index in [0.717, 1.165) is 5.56 Å². The highest BCUT2D eigenvalue weighted by molar-refractivity contribution is 5.62. The smallest absolute Gasteiger partial charge is 0.358 e. The van der Waals surface area contributed by atoms with Crippen LogP contribution < -0.4 is 5.32 Å². The lowest BCUT2D eigenvalue weighted by Crippen LogP contribution is -2.05. The Morgan fingerprint density at radius 2 is 2.47 bits per heavy atom. The molecule has 0 saturated carbocycles. The average Bonchev–Trinajstić information content (AvgIpc) is 2.61. The molecule has 0 atom stereocenters. The number of aromatic nitrogens is 2. The number of imidazole rings is 1. The molecule has 6 heteroatoms. The fourth-order valence-corrected chi connectivity index (χ4v) is 1.47. The molecule has 0 amide bonds. The summed E-state index contributed by atoms with van der Waals surface area (Å²) in [5.74, 6) is -0.104. The highest BCUT2D eigenvalue weighted by atomic mass is 16.6. The SMILES string of the molecule is CNCc1ccn2cnc([N+](=O)[O-])c2c1. The number of hydrogen-bond donors (Lipinski definition) is 1. The molecule has 2 rings (SSSR count). The van der Waals surface area contributed by atoms with Gasteiger partial charge in [-0.15, -0.1) is 0 Å². The van der Waals surface area contributed by atoms with E-state index >= 15 is 0 Å². The van der Waals surface area contributed by atoms with Crippen molar-refractivity contribution < 1.29 is 4.92 Å². The van der Waals surface area contributed by atoms with Crippen molar-refractivity contribution in [1.82, 2.24) is 14.7 Å². The van der Waals surface area contributed by atoms with E-state index in [1.807, 2.05) is 13.1 Å². The van der Waals surface area contributed by atoms with E-state index in [-0.39, 0.29) is 5.82 Å². The summed E-state index contributed by atoms with van der Waals surface area (Å²) < 4.78 is 1.64. The Morgan fingerprint density at radius 1 is 1.67 bits per heavy atom. The molecule has 1 N–H and O–H groups in total. The lowest BCUT2D eigenvalue weighted by Gasteiger charge is -2.00. The third-order valence-corrected chi connectivity index (χ3v) is 2.14. The standard InChI is InChI=1S/C9H10N4O2/c1-10-5-7-2-3-12-6-11-9(13(14)15)8(12)4-7/h2-4,6,10H,5H2,1H3. The van der Waals surface area contributed by atoms with E-state index in [0.29, 0.717) is 12.1 Å². The molecule has 2 aromatic heterocycles. The first-order valence-electron chi connectivity index (χ1n) is 4.47.